The maximum atomic E-state index is 7.09. The number of furan rings is 1. The lowest BCUT2D eigenvalue weighted by Crippen LogP contribution is -2.18. The van der Waals surface area contributed by atoms with Crippen LogP contribution in [-0.4, -0.2) is 0 Å². The van der Waals surface area contributed by atoms with E-state index in [1.54, 1.807) is 0 Å². The lowest BCUT2D eigenvalue weighted by molar-refractivity contribution is 0.366. The highest BCUT2D eigenvalue weighted by Crippen LogP contribution is 2.52. The molecule has 68 heavy (non-hydrogen) atoms. The quantitative estimate of drug-likeness (QED) is 0.142. The van der Waals surface area contributed by atoms with E-state index in [1.807, 2.05) is 0 Å². The number of ether oxygens (including phenoxy) is 1. The van der Waals surface area contributed by atoms with Crippen LogP contribution in [0.15, 0.2) is 192 Å². The molecule has 0 N–H and O–H groups in total. The molecule has 11 rings (SSSR count). The first-order chi connectivity index (χ1) is 32.8. The molecule has 0 fully saturated rings. The predicted octanol–water partition coefficient (Wildman–Crippen LogP) is 18.7. The zero-order valence-electron chi connectivity index (χ0n) is 40.5. The second-order valence-electron chi connectivity index (χ2n) is 20.3. The van der Waals surface area contributed by atoms with Gasteiger partial charge in [-0.05, 0) is 112 Å². The molecule has 1 aliphatic rings. The molecule has 0 unspecified atom stereocenters. The molecule has 0 radical (unpaired) electrons. The largest absolute Gasteiger partial charge is 0.455 e. The van der Waals surface area contributed by atoms with Gasteiger partial charge in [-0.25, -0.2) is 0 Å². The first-order valence-electron chi connectivity index (χ1n) is 24.1. The highest BCUT2D eigenvalue weighted by molar-refractivity contribution is 6.28. The number of allylic oxidation sites excluding steroid dienone is 4. The molecule has 1 aliphatic heterocycles. The van der Waals surface area contributed by atoms with Crippen molar-refractivity contribution in [1.82, 2.24) is 0 Å². The Morgan fingerprint density at radius 1 is 0.529 bits per heavy atom. The van der Waals surface area contributed by atoms with E-state index in [-0.39, 0.29) is 10.8 Å². The Kier molecular flexibility index (Phi) is 10.3. The van der Waals surface area contributed by atoms with Crippen LogP contribution >= 0.6 is 0 Å². The lowest BCUT2D eigenvalue weighted by Gasteiger charge is -2.32. The van der Waals surface area contributed by atoms with E-state index in [4.69, 9.17) is 9.15 Å². The summed E-state index contributed by atoms with van der Waals surface area (Å²) in [4.78, 5) is 4.84. The third-order valence-corrected chi connectivity index (χ3v) is 14.6. The number of nitrogens with zero attached hydrogens (tertiary/aromatic N) is 2. The van der Waals surface area contributed by atoms with Crippen molar-refractivity contribution in [3.8, 4) is 5.75 Å². The van der Waals surface area contributed by atoms with Gasteiger partial charge in [-0.15, -0.1) is 0 Å². The molecular formula is C64H58N2O2. The highest BCUT2D eigenvalue weighted by Gasteiger charge is 2.30. The summed E-state index contributed by atoms with van der Waals surface area (Å²) in [7, 11) is 0. The Morgan fingerprint density at radius 2 is 1.06 bits per heavy atom. The average Bonchev–Trinajstić information content (AvgIpc) is 3.75. The predicted molar refractivity (Wildman–Crippen MR) is 290 cm³/mol. The van der Waals surface area contributed by atoms with Crippen molar-refractivity contribution < 1.29 is 9.15 Å². The van der Waals surface area contributed by atoms with E-state index < -0.39 is 0 Å². The van der Waals surface area contributed by atoms with Crippen LogP contribution in [0.4, 0.5) is 34.1 Å². The molecule has 2 heterocycles. The van der Waals surface area contributed by atoms with E-state index in [0.29, 0.717) is 5.76 Å². The molecule has 0 saturated heterocycles. The second kappa shape index (κ2) is 16.3. The monoisotopic (exact) mass is 886 g/mol. The number of para-hydroxylation sites is 5. The molecule has 0 saturated carbocycles. The Balaban J connectivity index is 1.16. The van der Waals surface area contributed by atoms with Crippen molar-refractivity contribution in [3.63, 3.8) is 0 Å². The van der Waals surface area contributed by atoms with Crippen molar-refractivity contribution in [3.05, 3.63) is 210 Å². The molecule has 0 atom stereocenters. The Morgan fingerprint density at radius 3 is 1.66 bits per heavy atom. The molecular weight excluding hydrogens is 829 g/mol. The first-order valence-corrected chi connectivity index (χ1v) is 24.1. The topological polar surface area (TPSA) is 28.9 Å². The van der Waals surface area contributed by atoms with Crippen molar-refractivity contribution >= 4 is 88.4 Å². The van der Waals surface area contributed by atoms with Crippen LogP contribution in [0.2, 0.25) is 0 Å². The second-order valence-corrected chi connectivity index (χ2v) is 20.3. The van der Waals surface area contributed by atoms with Crippen molar-refractivity contribution in [1.29, 1.82) is 0 Å². The minimum atomic E-state index is -0.120. The summed E-state index contributed by atoms with van der Waals surface area (Å²) < 4.78 is 14.2. The fourth-order valence-corrected chi connectivity index (χ4v) is 10.6. The van der Waals surface area contributed by atoms with E-state index in [9.17, 15) is 0 Å². The van der Waals surface area contributed by atoms with Crippen LogP contribution in [0.3, 0.4) is 0 Å². The normalized spacial score (nSPS) is 14.7. The van der Waals surface area contributed by atoms with Gasteiger partial charge < -0.3 is 19.0 Å². The zero-order chi connectivity index (χ0) is 47.1. The van der Waals surface area contributed by atoms with Gasteiger partial charge in [-0.2, -0.15) is 0 Å². The number of aryl methyl sites for hydroxylation is 2. The van der Waals surface area contributed by atoms with E-state index in [2.05, 4.69) is 242 Å². The van der Waals surface area contributed by atoms with Crippen LogP contribution in [0.5, 0.6) is 5.75 Å². The van der Waals surface area contributed by atoms with Gasteiger partial charge in [0.25, 0.3) is 0 Å². The molecule has 0 aliphatic carbocycles. The van der Waals surface area contributed by atoms with Gasteiger partial charge in [-0.1, -0.05) is 182 Å². The van der Waals surface area contributed by atoms with E-state index in [0.717, 1.165) is 102 Å². The third kappa shape index (κ3) is 6.96. The Hall–Kier alpha value is -7.56. The number of benzene rings is 9. The first kappa shape index (κ1) is 43.0. The number of fused-ring (bicyclic) bond motifs is 4. The summed E-state index contributed by atoms with van der Waals surface area (Å²) in [6, 6.07) is 55.5. The number of rotatable bonds is 8. The summed E-state index contributed by atoms with van der Waals surface area (Å²) in [6.45, 7) is 22.5. The van der Waals surface area contributed by atoms with Gasteiger partial charge in [0.1, 0.15) is 11.3 Å². The lowest BCUT2D eigenvalue weighted by atomic mass is 9.80. The Labute approximate surface area is 400 Å². The minimum Gasteiger partial charge on any atom is -0.455 e. The average molecular weight is 887 g/mol. The van der Waals surface area contributed by atoms with Crippen LogP contribution in [0, 0.1) is 19.3 Å². The van der Waals surface area contributed by atoms with Crippen molar-refractivity contribution in [2.75, 3.05) is 9.80 Å². The van der Waals surface area contributed by atoms with Crippen molar-refractivity contribution in [2.24, 2.45) is 5.41 Å². The van der Waals surface area contributed by atoms with Gasteiger partial charge in [0.2, 0.25) is 0 Å². The summed E-state index contributed by atoms with van der Waals surface area (Å²) in [5.41, 5.74) is 13.7. The Bertz CT molecular complexity index is 3690. The van der Waals surface area contributed by atoms with Crippen LogP contribution in [-0.2, 0) is 11.8 Å². The van der Waals surface area contributed by atoms with Gasteiger partial charge in [0, 0.05) is 44.0 Å². The van der Waals surface area contributed by atoms with Gasteiger partial charge in [0.15, 0.2) is 11.3 Å². The van der Waals surface area contributed by atoms with Crippen LogP contribution in [0.1, 0.15) is 70.2 Å². The summed E-state index contributed by atoms with van der Waals surface area (Å²) in [5, 5.41) is 9.38. The van der Waals surface area contributed by atoms with Gasteiger partial charge >= 0.3 is 0 Å². The highest BCUT2D eigenvalue weighted by atomic mass is 16.5. The number of hydrogen-bond donors (Lipinski definition) is 0. The molecule has 1 aromatic heterocycles. The fraction of sp³-hybridized carbons (Fsp3) is 0.188. The molecule has 9 aromatic carbocycles. The number of hydrogen-bond acceptors (Lipinski definition) is 4. The maximum absolute atomic E-state index is 7.09. The molecule has 4 heteroatoms. The summed E-state index contributed by atoms with van der Waals surface area (Å²) in [6.07, 6.45) is 8.27. The van der Waals surface area contributed by atoms with Gasteiger partial charge in [-0.3, -0.25) is 0 Å². The fourth-order valence-electron chi connectivity index (χ4n) is 10.6. The summed E-state index contributed by atoms with van der Waals surface area (Å²) in [5.74, 6) is 1.50. The number of anilines is 6. The van der Waals surface area contributed by atoms with Crippen LogP contribution < -0.4 is 14.5 Å². The van der Waals surface area contributed by atoms with Crippen LogP contribution in [0.25, 0.3) is 54.3 Å². The molecule has 4 nitrogen and oxygen atoms in total. The SMILES string of the molecule is C=C1Oc2c(cccc2N(c2ccccc2C)c2ccc3ccc4c(N(c5ccccc5C)c5cccc6c5oc5c(C(C)(C)C)cccc56)ccc5ccc2c3c54)C/C=C\C=C/1C(C)(C)CC. The molecule has 0 spiro atoms. The minimum absolute atomic E-state index is 0.0907. The summed E-state index contributed by atoms with van der Waals surface area (Å²) >= 11 is 0. The standard InChI is InChI=1S/C64H58N2O2/c1-10-64(8,9)50-26-14-13-22-45-23-17-30-56(60(45)67-42(50)4)65(52-28-15-11-20-40(52)2)54-38-34-43-33-37-49-55(39-35-44-32-36-48(54)58(43)59(44)49)66(53-29-16-12-21-41(53)3)57-31-19-25-47-46-24-18-27-51(63(5,6)7)61(46)68-62(47)57/h11-21,23-39H,4,10,22H2,1-3,5-9H3/b14-13-,50-26+. The van der Waals surface area contributed by atoms with E-state index >= 15 is 0 Å². The molecule has 0 amide bonds. The molecule has 10 aromatic rings. The van der Waals surface area contributed by atoms with Crippen molar-refractivity contribution in [2.45, 2.75) is 73.6 Å². The molecule has 336 valence electrons. The van der Waals surface area contributed by atoms with E-state index in [1.165, 1.54) is 32.7 Å². The zero-order valence-corrected chi connectivity index (χ0v) is 40.5. The smallest absolute Gasteiger partial charge is 0.159 e. The maximum Gasteiger partial charge on any atom is 0.159 e. The third-order valence-electron chi connectivity index (χ3n) is 14.6. The molecule has 0 bridgehead atoms. The van der Waals surface area contributed by atoms with Gasteiger partial charge in [0.05, 0.1) is 22.7 Å².